The Morgan fingerprint density at radius 2 is 1.92 bits per heavy atom. The van der Waals surface area contributed by atoms with Gasteiger partial charge in [-0.1, -0.05) is 30.3 Å². The molecule has 1 fully saturated rings. The largest absolute Gasteiger partial charge is 0.433 e. The van der Waals surface area contributed by atoms with Crippen molar-refractivity contribution in [2.24, 2.45) is 5.92 Å². The maximum absolute atomic E-state index is 13.2. The van der Waals surface area contributed by atoms with E-state index in [1.165, 1.54) is 0 Å². The third kappa shape index (κ3) is 3.67. The highest BCUT2D eigenvalue weighted by molar-refractivity contribution is 5.58. The summed E-state index contributed by atoms with van der Waals surface area (Å²) >= 11 is 0. The van der Waals surface area contributed by atoms with Gasteiger partial charge in [-0.05, 0) is 18.8 Å². The topological polar surface area (TPSA) is 49.2 Å². The second-order valence-electron chi connectivity index (χ2n) is 5.94. The first-order chi connectivity index (χ1) is 11.5. The average Bonchev–Trinajstić information content (AvgIpc) is 2.61. The van der Waals surface area contributed by atoms with E-state index in [1.54, 1.807) is 35.2 Å². The molecule has 0 aliphatic carbocycles. The van der Waals surface area contributed by atoms with Crippen LogP contribution in [-0.4, -0.2) is 34.8 Å². The van der Waals surface area contributed by atoms with Crippen LogP contribution in [0.4, 0.5) is 19.0 Å². The second kappa shape index (κ2) is 6.76. The number of halogens is 3. The summed E-state index contributed by atoms with van der Waals surface area (Å²) in [6.07, 6.45) is -2.85. The predicted octanol–water partition coefficient (Wildman–Crippen LogP) is 3.37. The van der Waals surface area contributed by atoms with E-state index in [1.807, 2.05) is 0 Å². The highest BCUT2D eigenvalue weighted by Gasteiger charge is 2.34. The van der Waals surface area contributed by atoms with Gasteiger partial charge in [-0.15, -0.1) is 0 Å². The third-order valence-electron chi connectivity index (χ3n) is 4.14. The number of aliphatic hydroxyl groups is 1. The van der Waals surface area contributed by atoms with Crippen LogP contribution in [0.1, 0.15) is 18.5 Å². The SMILES string of the molecule is OCC1CCCN(c2cc(C(F)(F)F)nc(-c3ccccc3)n2)C1. The number of aliphatic hydroxyl groups excluding tert-OH is 1. The molecule has 1 saturated heterocycles. The first-order valence-electron chi connectivity index (χ1n) is 7.85. The van der Waals surface area contributed by atoms with Crippen molar-refractivity contribution >= 4 is 5.82 Å². The van der Waals surface area contributed by atoms with Crippen LogP contribution in [0.25, 0.3) is 11.4 Å². The zero-order chi connectivity index (χ0) is 17.2. The summed E-state index contributed by atoms with van der Waals surface area (Å²) in [5, 5.41) is 9.33. The summed E-state index contributed by atoms with van der Waals surface area (Å²) in [4.78, 5) is 9.84. The molecule has 2 aromatic rings. The van der Waals surface area contributed by atoms with Gasteiger partial charge in [-0.2, -0.15) is 13.2 Å². The van der Waals surface area contributed by atoms with Crippen LogP contribution in [0.5, 0.6) is 0 Å². The van der Waals surface area contributed by atoms with Crippen molar-refractivity contribution in [3.63, 3.8) is 0 Å². The Bertz CT molecular complexity index is 691. The van der Waals surface area contributed by atoms with Gasteiger partial charge < -0.3 is 10.0 Å². The van der Waals surface area contributed by atoms with Gasteiger partial charge in [0.2, 0.25) is 0 Å². The molecule has 3 rings (SSSR count). The lowest BCUT2D eigenvalue weighted by Crippen LogP contribution is -2.37. The quantitative estimate of drug-likeness (QED) is 0.933. The summed E-state index contributed by atoms with van der Waals surface area (Å²) in [5.74, 6) is 0.379. The van der Waals surface area contributed by atoms with Crippen LogP contribution >= 0.6 is 0 Å². The van der Waals surface area contributed by atoms with Crippen molar-refractivity contribution in [3.05, 3.63) is 42.1 Å². The number of benzene rings is 1. The lowest BCUT2D eigenvalue weighted by Gasteiger charge is -2.33. The van der Waals surface area contributed by atoms with Gasteiger partial charge in [0.15, 0.2) is 11.5 Å². The Morgan fingerprint density at radius 3 is 2.58 bits per heavy atom. The summed E-state index contributed by atoms with van der Waals surface area (Å²) < 4.78 is 39.7. The third-order valence-corrected chi connectivity index (χ3v) is 4.14. The van der Waals surface area contributed by atoms with Crippen molar-refractivity contribution in [2.75, 3.05) is 24.6 Å². The van der Waals surface area contributed by atoms with Crippen LogP contribution in [0, 0.1) is 5.92 Å². The van der Waals surface area contributed by atoms with Gasteiger partial charge in [-0.25, -0.2) is 9.97 Å². The van der Waals surface area contributed by atoms with Gasteiger partial charge in [0, 0.05) is 31.3 Å². The monoisotopic (exact) mass is 337 g/mol. The first-order valence-corrected chi connectivity index (χ1v) is 7.85. The molecule has 0 amide bonds. The van der Waals surface area contributed by atoms with Crippen molar-refractivity contribution in [3.8, 4) is 11.4 Å². The van der Waals surface area contributed by atoms with E-state index in [-0.39, 0.29) is 24.2 Å². The standard InChI is InChI=1S/C17H18F3N3O/c18-17(19,20)14-9-15(23-8-4-5-12(10-23)11-24)22-16(21-14)13-6-2-1-3-7-13/h1-3,6-7,9,12,24H,4-5,8,10-11H2. The van der Waals surface area contributed by atoms with Crippen LogP contribution < -0.4 is 4.90 Å². The zero-order valence-electron chi connectivity index (χ0n) is 13.0. The highest BCUT2D eigenvalue weighted by atomic mass is 19.4. The first kappa shape index (κ1) is 16.7. The van der Waals surface area contributed by atoms with Crippen molar-refractivity contribution in [2.45, 2.75) is 19.0 Å². The molecule has 24 heavy (non-hydrogen) atoms. The molecule has 1 N–H and O–H groups in total. The average molecular weight is 337 g/mol. The molecule has 1 aliphatic heterocycles. The number of alkyl halides is 3. The molecule has 0 spiro atoms. The molecule has 128 valence electrons. The second-order valence-corrected chi connectivity index (χ2v) is 5.94. The summed E-state index contributed by atoms with van der Waals surface area (Å²) in [5.41, 5.74) is -0.405. The number of aromatic nitrogens is 2. The molecule has 1 unspecified atom stereocenters. The minimum atomic E-state index is -4.53. The molecular weight excluding hydrogens is 319 g/mol. The number of rotatable bonds is 3. The Kier molecular flexibility index (Phi) is 4.71. The molecule has 0 bridgehead atoms. The number of hydrogen-bond acceptors (Lipinski definition) is 4. The van der Waals surface area contributed by atoms with Gasteiger partial charge in [0.1, 0.15) is 5.82 Å². The zero-order valence-corrected chi connectivity index (χ0v) is 13.0. The Hall–Kier alpha value is -2.15. The molecular formula is C17H18F3N3O. The van der Waals surface area contributed by atoms with Crippen LogP contribution in [-0.2, 0) is 6.18 Å². The van der Waals surface area contributed by atoms with Gasteiger partial charge in [0.05, 0.1) is 0 Å². The molecule has 1 atom stereocenters. The predicted molar refractivity (Wildman–Crippen MR) is 84.5 cm³/mol. The molecule has 1 aliphatic rings. The van der Waals surface area contributed by atoms with Crippen LogP contribution in [0.3, 0.4) is 0 Å². The number of anilines is 1. The van der Waals surface area contributed by atoms with E-state index in [2.05, 4.69) is 9.97 Å². The highest BCUT2D eigenvalue weighted by Crippen LogP contribution is 2.32. The fourth-order valence-corrected chi connectivity index (χ4v) is 2.88. The molecule has 0 radical (unpaired) electrons. The fraction of sp³-hybridized carbons (Fsp3) is 0.412. The van der Waals surface area contributed by atoms with E-state index in [4.69, 9.17) is 0 Å². The van der Waals surface area contributed by atoms with Crippen molar-refractivity contribution in [1.29, 1.82) is 0 Å². The smallest absolute Gasteiger partial charge is 0.396 e. The molecule has 2 heterocycles. The van der Waals surface area contributed by atoms with Gasteiger partial charge >= 0.3 is 6.18 Å². The number of piperidine rings is 1. The Balaban J connectivity index is 2.02. The summed E-state index contributed by atoms with van der Waals surface area (Å²) in [7, 11) is 0. The van der Waals surface area contributed by atoms with Crippen molar-refractivity contribution in [1.82, 2.24) is 9.97 Å². The lowest BCUT2D eigenvalue weighted by atomic mass is 9.99. The molecule has 4 nitrogen and oxygen atoms in total. The van der Waals surface area contributed by atoms with Gasteiger partial charge in [0.25, 0.3) is 0 Å². The summed E-state index contributed by atoms with van der Waals surface area (Å²) in [6, 6.07) is 9.63. The number of nitrogens with zero attached hydrogens (tertiary/aromatic N) is 3. The molecule has 1 aromatic carbocycles. The Morgan fingerprint density at radius 1 is 1.17 bits per heavy atom. The van der Waals surface area contributed by atoms with E-state index in [9.17, 15) is 18.3 Å². The fourth-order valence-electron chi connectivity index (χ4n) is 2.88. The normalized spacial score (nSPS) is 18.7. The van der Waals surface area contributed by atoms with E-state index < -0.39 is 11.9 Å². The minimum Gasteiger partial charge on any atom is -0.396 e. The summed E-state index contributed by atoms with van der Waals surface area (Å²) in [6.45, 7) is 1.15. The molecule has 0 saturated carbocycles. The van der Waals surface area contributed by atoms with Gasteiger partial charge in [-0.3, -0.25) is 0 Å². The molecule has 1 aromatic heterocycles. The lowest BCUT2D eigenvalue weighted by molar-refractivity contribution is -0.141. The maximum atomic E-state index is 13.2. The number of hydrogen-bond donors (Lipinski definition) is 1. The van der Waals surface area contributed by atoms with Crippen LogP contribution in [0.15, 0.2) is 36.4 Å². The van der Waals surface area contributed by atoms with Crippen molar-refractivity contribution < 1.29 is 18.3 Å². The van der Waals surface area contributed by atoms with E-state index >= 15 is 0 Å². The van der Waals surface area contributed by atoms with Crippen LogP contribution in [0.2, 0.25) is 0 Å². The van der Waals surface area contributed by atoms with E-state index in [0.29, 0.717) is 18.7 Å². The molecule has 7 heteroatoms. The maximum Gasteiger partial charge on any atom is 0.433 e. The van der Waals surface area contributed by atoms with E-state index in [0.717, 1.165) is 18.9 Å². The Labute approximate surface area is 138 Å². The minimum absolute atomic E-state index is 0.0270.